The van der Waals surface area contributed by atoms with Crippen LogP contribution in [0.5, 0.6) is 0 Å². The highest BCUT2D eigenvalue weighted by molar-refractivity contribution is 7.89. The molecule has 8 heteroatoms. The summed E-state index contributed by atoms with van der Waals surface area (Å²) < 4.78 is 25.9. The van der Waals surface area contributed by atoms with Gasteiger partial charge in [0.2, 0.25) is 0 Å². The molecule has 2 rings (SSSR count). The maximum atomic E-state index is 12.3. The van der Waals surface area contributed by atoms with Gasteiger partial charge < -0.3 is 10.1 Å². The monoisotopic (exact) mass is 287 g/mol. The summed E-state index contributed by atoms with van der Waals surface area (Å²) in [5.41, 5.74) is 0. The highest BCUT2D eigenvalue weighted by Crippen LogP contribution is 2.23. The Balaban J connectivity index is 2.21. The molecule has 1 aliphatic heterocycles. The lowest BCUT2D eigenvalue weighted by Gasteiger charge is -2.29. The summed E-state index contributed by atoms with van der Waals surface area (Å²) in [4.78, 5) is 17.7. The minimum absolute atomic E-state index is 0.0259. The zero-order valence-electron chi connectivity index (χ0n) is 10.7. The molecule has 0 bridgehead atoms. The summed E-state index contributed by atoms with van der Waals surface area (Å²) in [7, 11) is -3.67. The Kier molecular flexibility index (Phi) is 3.91. The van der Waals surface area contributed by atoms with E-state index in [-0.39, 0.29) is 11.6 Å². The van der Waals surface area contributed by atoms with Crippen LogP contribution in [0.4, 0.5) is 0 Å². The molecule has 19 heavy (non-hydrogen) atoms. The van der Waals surface area contributed by atoms with Crippen LogP contribution < -0.4 is 0 Å². The van der Waals surface area contributed by atoms with Crippen LogP contribution in [0.3, 0.4) is 0 Å². The van der Waals surface area contributed by atoms with Crippen molar-refractivity contribution >= 4 is 16.0 Å². The van der Waals surface area contributed by atoms with Gasteiger partial charge in [0.05, 0.1) is 12.1 Å². The van der Waals surface area contributed by atoms with Gasteiger partial charge in [0.25, 0.3) is 10.0 Å². The zero-order valence-corrected chi connectivity index (χ0v) is 11.5. The number of nitrogens with one attached hydrogen (secondary N) is 1. The van der Waals surface area contributed by atoms with Crippen molar-refractivity contribution in [3.63, 3.8) is 0 Å². The molecule has 0 saturated carbocycles. The van der Waals surface area contributed by atoms with E-state index in [4.69, 9.17) is 5.11 Å². The smallest absolute Gasteiger partial charge is 0.307 e. The number of aryl methyl sites for hydroxylation is 1. The first-order valence-corrected chi connectivity index (χ1v) is 7.66. The number of aromatic nitrogens is 2. The quantitative estimate of drug-likeness (QED) is 0.837. The van der Waals surface area contributed by atoms with Crippen molar-refractivity contribution in [2.75, 3.05) is 13.1 Å². The molecule has 0 amide bonds. The summed E-state index contributed by atoms with van der Waals surface area (Å²) in [6.45, 7) is 2.25. The highest BCUT2D eigenvalue weighted by atomic mass is 32.2. The number of hydrogen-bond donors (Lipinski definition) is 2. The first-order valence-electron chi connectivity index (χ1n) is 6.22. The number of H-pyrrole nitrogens is 1. The number of nitrogens with zero attached hydrogens (tertiary/aromatic N) is 2. The molecular weight excluding hydrogens is 270 g/mol. The van der Waals surface area contributed by atoms with Gasteiger partial charge in [0.15, 0.2) is 5.03 Å². The molecule has 1 aromatic rings. The third-order valence-corrected chi connectivity index (χ3v) is 5.07. The van der Waals surface area contributed by atoms with Gasteiger partial charge in [0.1, 0.15) is 5.82 Å². The SMILES string of the molecule is CCc1ncc(S(=O)(=O)N2CCC[C@H](C(=O)O)C2)[nH]1. The Labute approximate surface area is 111 Å². The second-order valence-corrected chi connectivity index (χ2v) is 6.49. The van der Waals surface area contributed by atoms with Gasteiger partial charge in [0, 0.05) is 19.5 Å². The van der Waals surface area contributed by atoms with Gasteiger partial charge in [-0.05, 0) is 12.8 Å². The lowest BCUT2D eigenvalue weighted by atomic mass is 10.0. The number of carbonyl (C=O) groups is 1. The van der Waals surface area contributed by atoms with E-state index in [0.717, 1.165) is 0 Å². The molecule has 0 aromatic carbocycles. The summed E-state index contributed by atoms with van der Waals surface area (Å²) in [6, 6.07) is 0. The average molecular weight is 287 g/mol. The molecule has 1 aliphatic rings. The van der Waals surface area contributed by atoms with Crippen molar-refractivity contribution in [2.24, 2.45) is 5.92 Å². The van der Waals surface area contributed by atoms with Crippen LogP contribution in [0.2, 0.25) is 0 Å². The van der Waals surface area contributed by atoms with E-state index in [2.05, 4.69) is 9.97 Å². The number of rotatable bonds is 4. The average Bonchev–Trinajstić information content (AvgIpc) is 2.88. The Bertz CT molecular complexity index is 566. The first-order chi connectivity index (χ1) is 8.95. The molecule has 0 spiro atoms. The van der Waals surface area contributed by atoms with Crippen molar-refractivity contribution < 1.29 is 18.3 Å². The number of hydrogen-bond acceptors (Lipinski definition) is 4. The number of imidazole rings is 1. The maximum Gasteiger partial charge on any atom is 0.307 e. The van der Waals surface area contributed by atoms with Gasteiger partial charge in [-0.1, -0.05) is 6.92 Å². The van der Waals surface area contributed by atoms with Gasteiger partial charge in [-0.15, -0.1) is 0 Å². The molecule has 1 saturated heterocycles. The van der Waals surface area contributed by atoms with Crippen molar-refractivity contribution in [3.05, 3.63) is 12.0 Å². The fraction of sp³-hybridized carbons (Fsp3) is 0.636. The highest BCUT2D eigenvalue weighted by Gasteiger charge is 2.34. The van der Waals surface area contributed by atoms with Crippen molar-refractivity contribution in [1.82, 2.24) is 14.3 Å². The van der Waals surface area contributed by atoms with E-state index >= 15 is 0 Å². The molecule has 106 valence electrons. The molecule has 7 nitrogen and oxygen atoms in total. The standard InChI is InChI=1S/C11H17N3O4S/c1-2-9-12-6-10(13-9)19(17,18)14-5-3-4-8(7-14)11(15)16/h6,8H,2-5,7H2,1H3,(H,12,13)(H,15,16)/t8-/m0/s1. The van der Waals surface area contributed by atoms with Crippen LogP contribution in [-0.2, 0) is 21.2 Å². The minimum Gasteiger partial charge on any atom is -0.481 e. The Morgan fingerprint density at radius 3 is 2.95 bits per heavy atom. The number of carboxylic acids is 1. The van der Waals surface area contributed by atoms with Gasteiger partial charge in [-0.3, -0.25) is 4.79 Å². The summed E-state index contributed by atoms with van der Waals surface area (Å²) in [5.74, 6) is -0.971. The predicted molar refractivity (Wildman–Crippen MR) is 67.1 cm³/mol. The normalized spacial score (nSPS) is 21.4. The van der Waals surface area contributed by atoms with E-state index in [1.165, 1.54) is 10.5 Å². The second kappa shape index (κ2) is 5.30. The van der Waals surface area contributed by atoms with E-state index in [9.17, 15) is 13.2 Å². The lowest BCUT2D eigenvalue weighted by molar-refractivity contribution is -0.142. The van der Waals surface area contributed by atoms with Gasteiger partial charge >= 0.3 is 5.97 Å². The maximum absolute atomic E-state index is 12.3. The fourth-order valence-corrected chi connectivity index (χ4v) is 3.61. The topological polar surface area (TPSA) is 103 Å². The Morgan fingerprint density at radius 1 is 1.63 bits per heavy atom. The van der Waals surface area contributed by atoms with Crippen molar-refractivity contribution in [2.45, 2.75) is 31.2 Å². The van der Waals surface area contributed by atoms with Crippen LogP contribution in [0.15, 0.2) is 11.2 Å². The van der Waals surface area contributed by atoms with Crippen molar-refractivity contribution in [3.8, 4) is 0 Å². The minimum atomic E-state index is -3.67. The third-order valence-electron chi connectivity index (χ3n) is 3.29. The molecule has 1 aromatic heterocycles. The van der Waals surface area contributed by atoms with Crippen LogP contribution in [0, 0.1) is 5.92 Å². The number of sulfonamides is 1. The molecule has 1 fully saturated rings. The Hall–Kier alpha value is -1.41. The molecule has 0 aliphatic carbocycles. The van der Waals surface area contributed by atoms with E-state index in [1.807, 2.05) is 6.92 Å². The van der Waals surface area contributed by atoms with Crippen LogP contribution in [0.25, 0.3) is 0 Å². The van der Waals surface area contributed by atoms with E-state index in [0.29, 0.717) is 31.6 Å². The lowest BCUT2D eigenvalue weighted by Crippen LogP contribution is -2.42. The number of aliphatic carboxylic acids is 1. The number of piperidine rings is 1. The van der Waals surface area contributed by atoms with Crippen LogP contribution in [-0.4, -0.2) is 46.9 Å². The molecule has 1 atom stereocenters. The summed E-state index contributed by atoms with van der Waals surface area (Å²) in [6.07, 6.45) is 2.99. The van der Waals surface area contributed by atoms with Crippen LogP contribution in [0.1, 0.15) is 25.6 Å². The molecular formula is C11H17N3O4S. The Morgan fingerprint density at radius 2 is 2.37 bits per heavy atom. The molecule has 0 unspecified atom stereocenters. The first kappa shape index (κ1) is 14.0. The van der Waals surface area contributed by atoms with E-state index in [1.54, 1.807) is 0 Å². The molecule has 0 radical (unpaired) electrons. The van der Waals surface area contributed by atoms with Gasteiger partial charge in [-0.2, -0.15) is 4.31 Å². The summed E-state index contributed by atoms with van der Waals surface area (Å²) >= 11 is 0. The summed E-state index contributed by atoms with van der Waals surface area (Å²) in [5, 5.41) is 9.03. The predicted octanol–water partition coefficient (Wildman–Crippen LogP) is 0.457. The fourth-order valence-electron chi connectivity index (χ4n) is 2.16. The van der Waals surface area contributed by atoms with Gasteiger partial charge in [-0.25, -0.2) is 13.4 Å². The third kappa shape index (κ3) is 2.79. The molecule has 2 heterocycles. The largest absolute Gasteiger partial charge is 0.481 e. The van der Waals surface area contributed by atoms with E-state index < -0.39 is 21.9 Å². The zero-order chi connectivity index (χ0) is 14.0. The van der Waals surface area contributed by atoms with Crippen LogP contribution >= 0.6 is 0 Å². The molecule has 2 N–H and O–H groups in total. The second-order valence-electron chi connectivity index (χ2n) is 4.59. The van der Waals surface area contributed by atoms with Crippen molar-refractivity contribution in [1.29, 1.82) is 0 Å². The number of carboxylic acid groups (broad SMARTS) is 1. The number of aromatic amines is 1.